The summed E-state index contributed by atoms with van der Waals surface area (Å²) in [6, 6.07) is 10.0. The molecule has 0 aliphatic carbocycles. The maximum Gasteiger partial charge on any atom is 0.369 e. The third-order valence-corrected chi connectivity index (χ3v) is 1.89. The number of nitriles is 2. The summed E-state index contributed by atoms with van der Waals surface area (Å²) < 4.78 is 4.64. The first-order valence-electron chi connectivity index (χ1n) is 5.12. The topological polar surface area (TPSA) is 98.3 Å². The van der Waals surface area contributed by atoms with Crippen molar-refractivity contribution in [2.75, 3.05) is 12.0 Å². The summed E-state index contributed by atoms with van der Waals surface area (Å²) in [5, 5.41) is 21.0. The molecule has 0 saturated heterocycles. The Hall–Kier alpha value is -2.86. The van der Waals surface area contributed by atoms with Gasteiger partial charge in [-0.15, -0.1) is 0 Å². The Morgan fingerprint density at radius 3 is 2.56 bits per heavy atom. The molecule has 1 rings (SSSR count). The number of hydrazone groups is 1. The van der Waals surface area contributed by atoms with Crippen molar-refractivity contribution in [3.8, 4) is 12.1 Å². The van der Waals surface area contributed by atoms with Crippen molar-refractivity contribution >= 4 is 17.4 Å². The number of rotatable bonds is 4. The molecule has 0 atom stereocenters. The predicted molar refractivity (Wildman–Crippen MR) is 64.5 cm³/mol. The van der Waals surface area contributed by atoms with Gasteiger partial charge in [-0.25, -0.2) is 4.79 Å². The Bertz CT molecular complexity index is 535. The van der Waals surface area contributed by atoms with Gasteiger partial charge in [0.15, 0.2) is 0 Å². The van der Waals surface area contributed by atoms with Crippen LogP contribution in [0.1, 0.15) is 12.5 Å². The number of hydrogen-bond acceptors (Lipinski definition) is 6. The lowest BCUT2D eigenvalue weighted by molar-refractivity contribution is -0.134. The zero-order valence-electron chi connectivity index (χ0n) is 9.67. The molecule has 0 fully saturated rings. The van der Waals surface area contributed by atoms with E-state index in [4.69, 9.17) is 10.5 Å². The second kappa shape index (κ2) is 6.66. The van der Waals surface area contributed by atoms with E-state index in [0.717, 1.165) is 0 Å². The number of anilines is 1. The highest BCUT2D eigenvalue weighted by atomic mass is 16.5. The quantitative estimate of drug-likeness (QED) is 0.489. The lowest BCUT2D eigenvalue weighted by Crippen LogP contribution is -2.17. The summed E-state index contributed by atoms with van der Waals surface area (Å²) >= 11 is 0. The molecule has 90 valence electrons. The minimum Gasteiger partial charge on any atom is -0.461 e. The van der Waals surface area contributed by atoms with Crippen LogP contribution in [0.25, 0.3) is 0 Å². The van der Waals surface area contributed by atoms with Crippen LogP contribution < -0.4 is 5.43 Å². The van der Waals surface area contributed by atoms with Crippen molar-refractivity contribution in [2.45, 2.75) is 6.92 Å². The first-order chi connectivity index (χ1) is 8.71. The fourth-order valence-corrected chi connectivity index (χ4v) is 1.06. The minimum absolute atomic E-state index is 0.177. The van der Waals surface area contributed by atoms with Crippen LogP contribution in [0, 0.1) is 22.7 Å². The molecule has 0 aliphatic heterocycles. The third kappa shape index (κ3) is 3.62. The Morgan fingerprint density at radius 2 is 2.06 bits per heavy atom. The monoisotopic (exact) mass is 242 g/mol. The summed E-state index contributed by atoms with van der Waals surface area (Å²) in [4.78, 5) is 11.2. The van der Waals surface area contributed by atoms with Crippen LogP contribution in [-0.2, 0) is 9.53 Å². The van der Waals surface area contributed by atoms with Crippen LogP contribution >= 0.6 is 0 Å². The van der Waals surface area contributed by atoms with Crippen molar-refractivity contribution < 1.29 is 9.53 Å². The molecule has 0 bridgehead atoms. The summed E-state index contributed by atoms with van der Waals surface area (Å²) in [6.07, 6.45) is 0. The van der Waals surface area contributed by atoms with E-state index in [9.17, 15) is 4.79 Å². The first kappa shape index (κ1) is 13.2. The Morgan fingerprint density at radius 1 is 1.39 bits per heavy atom. The number of carbonyl (C=O) groups is 1. The predicted octanol–water partition coefficient (Wildman–Crippen LogP) is 1.41. The highest BCUT2D eigenvalue weighted by Crippen LogP contribution is 2.08. The lowest BCUT2D eigenvalue weighted by atomic mass is 10.2. The SMILES string of the molecule is CCOC(=O)/C(C#N)=N/Nc1ccc(C#N)cc1. The Labute approximate surface area is 104 Å². The number of carbonyl (C=O) groups excluding carboxylic acids is 1. The van der Waals surface area contributed by atoms with Gasteiger partial charge in [0.2, 0.25) is 5.71 Å². The summed E-state index contributed by atoms with van der Waals surface area (Å²) in [5.74, 6) is -0.777. The standard InChI is InChI=1S/C12H10N4O2/c1-2-18-12(17)11(8-14)16-15-10-5-3-9(7-13)4-6-10/h3-6,15H,2H2,1H3/b16-11+. The zero-order chi connectivity index (χ0) is 13.4. The van der Waals surface area contributed by atoms with Crippen LogP contribution in [-0.4, -0.2) is 18.3 Å². The molecule has 0 saturated carbocycles. The van der Waals surface area contributed by atoms with E-state index in [2.05, 4.69) is 15.3 Å². The molecule has 0 heterocycles. The first-order valence-corrected chi connectivity index (χ1v) is 5.12. The summed E-state index contributed by atoms with van der Waals surface area (Å²) in [7, 11) is 0. The van der Waals surface area contributed by atoms with Gasteiger partial charge in [-0.2, -0.15) is 15.6 Å². The molecular weight excluding hydrogens is 232 g/mol. The van der Waals surface area contributed by atoms with E-state index in [1.165, 1.54) is 0 Å². The number of esters is 1. The zero-order valence-corrected chi connectivity index (χ0v) is 9.67. The minimum atomic E-state index is -0.777. The number of ether oxygens (including phenoxy) is 1. The molecule has 6 heteroatoms. The van der Waals surface area contributed by atoms with Crippen LogP contribution in [0.2, 0.25) is 0 Å². The second-order valence-corrected chi connectivity index (χ2v) is 3.09. The molecule has 1 N–H and O–H groups in total. The molecular formula is C12H10N4O2. The summed E-state index contributed by atoms with van der Waals surface area (Å²) in [5.41, 5.74) is 3.25. The van der Waals surface area contributed by atoms with Crippen molar-refractivity contribution in [1.82, 2.24) is 0 Å². The smallest absolute Gasteiger partial charge is 0.369 e. The van der Waals surface area contributed by atoms with Gasteiger partial charge in [0.1, 0.15) is 6.07 Å². The maximum atomic E-state index is 11.2. The van der Waals surface area contributed by atoms with E-state index < -0.39 is 5.97 Å². The van der Waals surface area contributed by atoms with Crippen molar-refractivity contribution in [3.05, 3.63) is 29.8 Å². The molecule has 0 unspecified atom stereocenters. The van der Waals surface area contributed by atoms with Crippen molar-refractivity contribution in [2.24, 2.45) is 5.10 Å². The molecule has 0 aromatic heterocycles. The lowest BCUT2D eigenvalue weighted by Gasteiger charge is -2.01. The average Bonchev–Trinajstić information content (AvgIpc) is 2.40. The van der Waals surface area contributed by atoms with Crippen molar-refractivity contribution in [3.63, 3.8) is 0 Å². The molecule has 0 amide bonds. The van der Waals surface area contributed by atoms with Gasteiger partial charge in [0.05, 0.1) is 23.9 Å². The molecule has 0 aliphatic rings. The fraction of sp³-hybridized carbons (Fsp3) is 0.167. The number of nitrogens with zero attached hydrogens (tertiary/aromatic N) is 3. The Kier molecular flexibility index (Phi) is 4.89. The molecule has 6 nitrogen and oxygen atoms in total. The van der Waals surface area contributed by atoms with Gasteiger partial charge in [-0.05, 0) is 31.2 Å². The number of nitrogens with one attached hydrogen (secondary N) is 1. The number of hydrogen-bond donors (Lipinski definition) is 1. The normalized spacial score (nSPS) is 10.1. The highest BCUT2D eigenvalue weighted by Gasteiger charge is 2.11. The van der Waals surface area contributed by atoms with Gasteiger partial charge in [-0.3, -0.25) is 5.43 Å². The summed E-state index contributed by atoms with van der Waals surface area (Å²) in [6.45, 7) is 1.82. The average molecular weight is 242 g/mol. The van der Waals surface area contributed by atoms with Gasteiger partial charge < -0.3 is 4.74 Å². The van der Waals surface area contributed by atoms with Crippen LogP contribution in [0.5, 0.6) is 0 Å². The third-order valence-electron chi connectivity index (χ3n) is 1.89. The van der Waals surface area contributed by atoms with Crippen LogP contribution in [0.3, 0.4) is 0 Å². The van der Waals surface area contributed by atoms with E-state index in [-0.39, 0.29) is 12.3 Å². The molecule has 0 radical (unpaired) electrons. The van der Waals surface area contributed by atoms with Gasteiger partial charge >= 0.3 is 5.97 Å². The molecule has 1 aromatic rings. The largest absolute Gasteiger partial charge is 0.461 e. The fourth-order valence-electron chi connectivity index (χ4n) is 1.06. The number of benzene rings is 1. The maximum absolute atomic E-state index is 11.2. The molecule has 18 heavy (non-hydrogen) atoms. The highest BCUT2D eigenvalue weighted by molar-refractivity contribution is 6.43. The van der Waals surface area contributed by atoms with E-state index >= 15 is 0 Å². The molecule has 1 aromatic carbocycles. The van der Waals surface area contributed by atoms with Crippen LogP contribution in [0.4, 0.5) is 5.69 Å². The Balaban J connectivity index is 2.75. The van der Waals surface area contributed by atoms with Gasteiger partial charge in [-0.1, -0.05) is 0 Å². The van der Waals surface area contributed by atoms with E-state index in [1.54, 1.807) is 37.3 Å². The van der Waals surface area contributed by atoms with Crippen molar-refractivity contribution in [1.29, 1.82) is 10.5 Å². The molecule has 0 spiro atoms. The van der Waals surface area contributed by atoms with Crippen LogP contribution in [0.15, 0.2) is 29.4 Å². The van der Waals surface area contributed by atoms with Gasteiger partial charge in [0.25, 0.3) is 0 Å². The van der Waals surface area contributed by atoms with Gasteiger partial charge in [0, 0.05) is 0 Å². The second-order valence-electron chi connectivity index (χ2n) is 3.09. The van der Waals surface area contributed by atoms with E-state index in [0.29, 0.717) is 11.3 Å². The van der Waals surface area contributed by atoms with E-state index in [1.807, 2.05) is 6.07 Å².